The van der Waals surface area contributed by atoms with Crippen LogP contribution in [-0.2, 0) is 14.8 Å². The first-order valence-corrected chi connectivity index (χ1v) is 6.19. The van der Waals surface area contributed by atoms with E-state index in [-0.39, 0.29) is 0 Å². The molecule has 2 N–H and O–H groups in total. The summed E-state index contributed by atoms with van der Waals surface area (Å²) in [6, 6.07) is -1.62. The molecule has 0 aromatic carbocycles. The highest BCUT2D eigenvalue weighted by atomic mass is 32.2. The van der Waals surface area contributed by atoms with Crippen LogP contribution < -0.4 is 4.72 Å². The number of carbonyl (C=O) groups is 1. The zero-order chi connectivity index (χ0) is 14.1. The first kappa shape index (κ1) is 16.2. The molecule has 17 heavy (non-hydrogen) atoms. The standard InChI is InChI=1S/C8H14F3NO4S/c1-7(2,3)5(6(13)14)12-17(15,16)4-8(9,10)11/h5,12H,4H2,1-3H3,(H,13,14). The smallest absolute Gasteiger partial charge is 0.404 e. The van der Waals surface area contributed by atoms with Gasteiger partial charge in [0, 0.05) is 0 Å². The SMILES string of the molecule is CC(C)(C)C(NS(=O)(=O)CC(F)(F)F)C(=O)O. The highest BCUT2D eigenvalue weighted by Gasteiger charge is 2.40. The fourth-order valence-electron chi connectivity index (χ4n) is 1.03. The highest BCUT2D eigenvalue weighted by molar-refractivity contribution is 7.89. The zero-order valence-corrected chi connectivity index (χ0v) is 10.3. The van der Waals surface area contributed by atoms with E-state index in [9.17, 15) is 26.4 Å². The first-order valence-electron chi connectivity index (χ1n) is 4.54. The van der Waals surface area contributed by atoms with Crippen LogP contribution in [0.15, 0.2) is 0 Å². The Morgan fingerprint density at radius 2 is 1.71 bits per heavy atom. The second kappa shape index (κ2) is 4.81. The van der Waals surface area contributed by atoms with Crippen molar-refractivity contribution in [1.82, 2.24) is 4.72 Å². The van der Waals surface area contributed by atoms with Crippen molar-refractivity contribution in [2.75, 3.05) is 5.75 Å². The number of aliphatic carboxylic acids is 1. The maximum absolute atomic E-state index is 11.9. The number of carboxylic acid groups (broad SMARTS) is 1. The number of sulfonamides is 1. The molecule has 0 aliphatic rings. The van der Waals surface area contributed by atoms with Crippen LogP contribution in [0.2, 0.25) is 0 Å². The summed E-state index contributed by atoms with van der Waals surface area (Å²) in [6.07, 6.45) is -4.91. The van der Waals surface area contributed by atoms with E-state index in [0.717, 1.165) is 0 Å². The molecule has 0 saturated heterocycles. The molecular formula is C8H14F3NO4S. The molecule has 0 aliphatic heterocycles. The van der Waals surface area contributed by atoms with Gasteiger partial charge >= 0.3 is 12.1 Å². The Balaban J connectivity index is 4.97. The molecule has 0 fully saturated rings. The first-order chi connectivity index (χ1) is 7.25. The zero-order valence-electron chi connectivity index (χ0n) is 9.50. The van der Waals surface area contributed by atoms with E-state index in [1.54, 1.807) is 4.72 Å². The van der Waals surface area contributed by atoms with Gasteiger partial charge in [-0.25, -0.2) is 13.1 Å². The molecule has 5 nitrogen and oxygen atoms in total. The third-order valence-corrected chi connectivity index (χ3v) is 3.07. The van der Waals surface area contributed by atoms with Gasteiger partial charge in [-0.05, 0) is 5.41 Å². The summed E-state index contributed by atoms with van der Waals surface area (Å²) >= 11 is 0. The van der Waals surface area contributed by atoms with E-state index in [0.29, 0.717) is 0 Å². The molecule has 0 aliphatic carbocycles. The van der Waals surface area contributed by atoms with Crippen molar-refractivity contribution in [2.24, 2.45) is 5.41 Å². The van der Waals surface area contributed by atoms with Gasteiger partial charge in [0.2, 0.25) is 10.0 Å². The van der Waals surface area contributed by atoms with Gasteiger partial charge < -0.3 is 5.11 Å². The summed E-state index contributed by atoms with van der Waals surface area (Å²) in [7, 11) is -4.72. The second-order valence-electron chi connectivity index (χ2n) is 4.63. The molecule has 102 valence electrons. The average Bonchev–Trinajstić information content (AvgIpc) is 1.92. The summed E-state index contributed by atoms with van der Waals surface area (Å²) in [6.45, 7) is 4.21. The van der Waals surface area contributed by atoms with Crippen LogP contribution in [0.3, 0.4) is 0 Å². The lowest BCUT2D eigenvalue weighted by molar-refractivity contribution is -0.141. The molecule has 1 atom stereocenters. The number of nitrogens with one attached hydrogen (secondary N) is 1. The normalized spacial score (nSPS) is 15.6. The largest absolute Gasteiger partial charge is 0.480 e. The number of halogens is 3. The second-order valence-corrected chi connectivity index (χ2v) is 6.38. The quantitative estimate of drug-likeness (QED) is 0.802. The van der Waals surface area contributed by atoms with Gasteiger partial charge in [0.1, 0.15) is 6.04 Å². The van der Waals surface area contributed by atoms with Gasteiger partial charge in [-0.2, -0.15) is 13.2 Å². The maximum Gasteiger partial charge on any atom is 0.404 e. The molecule has 9 heteroatoms. The minimum Gasteiger partial charge on any atom is -0.480 e. The van der Waals surface area contributed by atoms with Crippen LogP contribution in [0.4, 0.5) is 13.2 Å². The highest BCUT2D eigenvalue weighted by Crippen LogP contribution is 2.22. The van der Waals surface area contributed by atoms with Gasteiger partial charge in [0.05, 0.1) is 0 Å². The van der Waals surface area contributed by atoms with Crippen molar-refractivity contribution in [3.8, 4) is 0 Å². The van der Waals surface area contributed by atoms with Gasteiger partial charge in [-0.1, -0.05) is 20.8 Å². The Bertz CT molecular complexity index is 383. The molecule has 0 spiro atoms. The number of alkyl halides is 3. The predicted molar refractivity (Wildman–Crippen MR) is 53.9 cm³/mol. The predicted octanol–water partition coefficient (Wildman–Crippen LogP) is 0.967. The minimum absolute atomic E-state index is 1.04. The van der Waals surface area contributed by atoms with Crippen LogP contribution in [-0.4, -0.2) is 37.5 Å². The summed E-state index contributed by atoms with van der Waals surface area (Å²) in [5.74, 6) is -3.62. The molecule has 0 bridgehead atoms. The lowest BCUT2D eigenvalue weighted by atomic mass is 9.88. The summed E-state index contributed by atoms with van der Waals surface area (Å²) in [4.78, 5) is 10.8. The molecule has 0 heterocycles. The van der Waals surface area contributed by atoms with Crippen molar-refractivity contribution < 1.29 is 31.5 Å². The Labute approximate surface area is 97.1 Å². The van der Waals surface area contributed by atoms with E-state index < -0.39 is 39.4 Å². The number of carboxylic acids is 1. The summed E-state index contributed by atoms with van der Waals surface area (Å²) in [5.41, 5.74) is -1.04. The van der Waals surface area contributed by atoms with Crippen molar-refractivity contribution >= 4 is 16.0 Å². The van der Waals surface area contributed by atoms with Gasteiger partial charge in [0.25, 0.3) is 0 Å². The number of hydrogen-bond donors (Lipinski definition) is 2. The molecule has 0 aromatic heterocycles. The molecule has 1 unspecified atom stereocenters. The van der Waals surface area contributed by atoms with Crippen LogP contribution in [0.25, 0.3) is 0 Å². The molecular weight excluding hydrogens is 263 g/mol. The van der Waals surface area contributed by atoms with E-state index in [2.05, 4.69) is 0 Å². The monoisotopic (exact) mass is 277 g/mol. The fourth-order valence-corrected chi connectivity index (χ4v) is 2.36. The van der Waals surface area contributed by atoms with Crippen molar-refractivity contribution in [3.05, 3.63) is 0 Å². The molecule has 0 rings (SSSR count). The Kier molecular flexibility index (Phi) is 4.57. The van der Waals surface area contributed by atoms with Crippen molar-refractivity contribution in [2.45, 2.75) is 33.0 Å². The molecule has 0 aromatic rings. The number of rotatable bonds is 4. The van der Waals surface area contributed by atoms with E-state index >= 15 is 0 Å². The van der Waals surface area contributed by atoms with E-state index in [1.807, 2.05) is 0 Å². The fraction of sp³-hybridized carbons (Fsp3) is 0.875. The lowest BCUT2D eigenvalue weighted by Crippen LogP contribution is -2.50. The maximum atomic E-state index is 11.9. The van der Waals surface area contributed by atoms with Gasteiger partial charge in [0.15, 0.2) is 5.75 Å². The van der Waals surface area contributed by atoms with Gasteiger partial charge in [-0.15, -0.1) is 0 Å². The Hall–Kier alpha value is -0.830. The summed E-state index contributed by atoms with van der Waals surface area (Å²) in [5, 5.41) is 8.76. The van der Waals surface area contributed by atoms with Crippen LogP contribution in [0, 0.1) is 5.41 Å². The third kappa shape index (κ3) is 6.47. The Morgan fingerprint density at radius 1 is 1.29 bits per heavy atom. The van der Waals surface area contributed by atoms with Gasteiger partial charge in [-0.3, -0.25) is 4.79 Å². The number of hydrogen-bond acceptors (Lipinski definition) is 3. The van der Waals surface area contributed by atoms with Crippen LogP contribution in [0.5, 0.6) is 0 Å². The van der Waals surface area contributed by atoms with E-state index in [4.69, 9.17) is 5.11 Å². The van der Waals surface area contributed by atoms with Crippen LogP contribution in [0.1, 0.15) is 20.8 Å². The summed E-state index contributed by atoms with van der Waals surface area (Å²) < 4.78 is 59.6. The topological polar surface area (TPSA) is 83.5 Å². The third-order valence-electron chi connectivity index (χ3n) is 1.76. The Morgan fingerprint density at radius 3 is 1.94 bits per heavy atom. The molecule has 0 radical (unpaired) electrons. The molecule has 0 saturated carbocycles. The van der Waals surface area contributed by atoms with Crippen LogP contribution >= 0.6 is 0 Å². The molecule has 0 amide bonds. The lowest BCUT2D eigenvalue weighted by Gasteiger charge is -2.27. The van der Waals surface area contributed by atoms with Crippen molar-refractivity contribution in [1.29, 1.82) is 0 Å². The minimum atomic E-state index is -4.91. The van der Waals surface area contributed by atoms with E-state index in [1.165, 1.54) is 20.8 Å². The average molecular weight is 277 g/mol. The van der Waals surface area contributed by atoms with Crippen molar-refractivity contribution in [3.63, 3.8) is 0 Å².